The molecule has 0 saturated heterocycles. The highest BCUT2D eigenvalue weighted by Crippen LogP contribution is 2.13. The summed E-state index contributed by atoms with van der Waals surface area (Å²) in [7, 11) is 0. The average Bonchev–Trinajstić information content (AvgIpc) is 2.31. The summed E-state index contributed by atoms with van der Waals surface area (Å²) in [5.74, 6) is 0. The molecule has 0 bridgehead atoms. The van der Waals surface area contributed by atoms with Gasteiger partial charge in [-0.05, 0) is 33.6 Å². The lowest BCUT2D eigenvalue weighted by atomic mass is 9.96. The Morgan fingerprint density at radius 2 is 1.94 bits per heavy atom. The summed E-state index contributed by atoms with van der Waals surface area (Å²) in [6.45, 7) is 12.5. The van der Waals surface area contributed by atoms with Gasteiger partial charge in [-0.15, -0.1) is 0 Å². The van der Waals surface area contributed by atoms with Gasteiger partial charge in [0.15, 0.2) is 0 Å². The molecule has 2 atom stereocenters. The zero-order valence-corrected chi connectivity index (χ0v) is 12.7. The van der Waals surface area contributed by atoms with E-state index in [9.17, 15) is 5.11 Å². The van der Waals surface area contributed by atoms with Crippen molar-refractivity contribution in [3.63, 3.8) is 0 Å². The average molecular weight is 261 g/mol. The lowest BCUT2D eigenvalue weighted by Crippen LogP contribution is -2.49. The minimum atomic E-state index is -0.208. The minimum Gasteiger partial charge on any atom is -0.394 e. The van der Waals surface area contributed by atoms with Crippen molar-refractivity contribution >= 4 is 0 Å². The van der Waals surface area contributed by atoms with Crippen LogP contribution in [0.15, 0.2) is 0 Å². The Morgan fingerprint density at radius 1 is 1.28 bits per heavy atom. The maximum Gasteiger partial charge on any atom is 0.0780 e. The van der Waals surface area contributed by atoms with Crippen LogP contribution in [0, 0.1) is 0 Å². The summed E-state index contributed by atoms with van der Waals surface area (Å²) in [6.07, 6.45) is 1.99. The predicted molar refractivity (Wildman–Crippen MR) is 74.9 cm³/mol. The molecule has 0 aromatic heterocycles. The van der Waals surface area contributed by atoms with E-state index in [4.69, 9.17) is 9.47 Å². The van der Waals surface area contributed by atoms with Gasteiger partial charge in [-0.3, -0.25) is 0 Å². The first-order chi connectivity index (χ1) is 8.43. The Labute approximate surface area is 112 Å². The van der Waals surface area contributed by atoms with Crippen LogP contribution in [-0.4, -0.2) is 49.2 Å². The molecule has 0 rings (SSSR count). The maximum atomic E-state index is 9.44. The van der Waals surface area contributed by atoms with Gasteiger partial charge in [0.1, 0.15) is 0 Å². The van der Waals surface area contributed by atoms with Gasteiger partial charge in [0.2, 0.25) is 0 Å². The van der Waals surface area contributed by atoms with E-state index in [0.717, 1.165) is 19.4 Å². The first kappa shape index (κ1) is 17.8. The van der Waals surface area contributed by atoms with Crippen molar-refractivity contribution in [1.29, 1.82) is 0 Å². The molecule has 0 aromatic rings. The molecule has 4 heteroatoms. The number of aliphatic hydroxyl groups excluding tert-OH is 1. The lowest BCUT2D eigenvalue weighted by molar-refractivity contribution is -0.00704. The molecule has 18 heavy (non-hydrogen) atoms. The van der Waals surface area contributed by atoms with Crippen LogP contribution in [0.5, 0.6) is 0 Å². The fourth-order valence-corrected chi connectivity index (χ4v) is 1.97. The van der Waals surface area contributed by atoms with E-state index in [2.05, 4.69) is 26.1 Å². The molecule has 0 amide bonds. The number of rotatable bonds is 11. The van der Waals surface area contributed by atoms with Gasteiger partial charge in [-0.25, -0.2) is 0 Å². The minimum absolute atomic E-state index is 0.142. The summed E-state index contributed by atoms with van der Waals surface area (Å²) in [5, 5.41) is 12.8. The standard InChI is InChI=1S/C14H31NO3/c1-6-17-10-13(4)18-9-7-8-14(5,11-16)15-12(2)3/h12-13,15-16H,6-11H2,1-5H3. The number of nitrogens with one attached hydrogen (secondary N) is 1. The van der Waals surface area contributed by atoms with Crippen molar-refractivity contribution in [2.45, 2.75) is 65.1 Å². The van der Waals surface area contributed by atoms with Crippen LogP contribution in [0.2, 0.25) is 0 Å². The van der Waals surface area contributed by atoms with Gasteiger partial charge in [0.05, 0.1) is 19.3 Å². The van der Waals surface area contributed by atoms with E-state index in [1.54, 1.807) is 0 Å². The molecule has 0 fully saturated rings. The quantitative estimate of drug-likeness (QED) is 0.558. The van der Waals surface area contributed by atoms with Gasteiger partial charge >= 0.3 is 0 Å². The molecular formula is C14H31NO3. The zero-order valence-electron chi connectivity index (χ0n) is 12.7. The van der Waals surface area contributed by atoms with Gasteiger partial charge in [-0.1, -0.05) is 13.8 Å². The van der Waals surface area contributed by atoms with Gasteiger partial charge < -0.3 is 19.9 Å². The zero-order chi connectivity index (χ0) is 14.0. The fourth-order valence-electron chi connectivity index (χ4n) is 1.97. The van der Waals surface area contributed by atoms with Gasteiger partial charge in [-0.2, -0.15) is 0 Å². The molecule has 0 heterocycles. The molecule has 2 unspecified atom stereocenters. The maximum absolute atomic E-state index is 9.44. The van der Waals surface area contributed by atoms with Crippen molar-refractivity contribution in [3.05, 3.63) is 0 Å². The van der Waals surface area contributed by atoms with E-state index < -0.39 is 0 Å². The van der Waals surface area contributed by atoms with E-state index in [-0.39, 0.29) is 18.2 Å². The molecular weight excluding hydrogens is 230 g/mol. The topological polar surface area (TPSA) is 50.7 Å². The Hall–Kier alpha value is -0.160. The van der Waals surface area contributed by atoms with Crippen LogP contribution in [0.25, 0.3) is 0 Å². The smallest absolute Gasteiger partial charge is 0.0780 e. The summed E-state index contributed by atoms with van der Waals surface area (Å²) < 4.78 is 10.9. The van der Waals surface area contributed by atoms with Crippen LogP contribution in [0.3, 0.4) is 0 Å². The molecule has 0 aliphatic heterocycles. The number of ether oxygens (including phenoxy) is 2. The molecule has 2 N–H and O–H groups in total. The molecule has 0 radical (unpaired) electrons. The van der Waals surface area contributed by atoms with Gasteiger partial charge in [0.25, 0.3) is 0 Å². The fraction of sp³-hybridized carbons (Fsp3) is 1.00. The number of aliphatic hydroxyl groups is 1. The van der Waals surface area contributed by atoms with Crippen molar-refractivity contribution < 1.29 is 14.6 Å². The lowest BCUT2D eigenvalue weighted by Gasteiger charge is -2.31. The van der Waals surface area contributed by atoms with Crippen molar-refractivity contribution in [2.24, 2.45) is 0 Å². The third-order valence-corrected chi connectivity index (χ3v) is 2.82. The van der Waals surface area contributed by atoms with Crippen molar-refractivity contribution in [2.75, 3.05) is 26.4 Å². The summed E-state index contributed by atoms with van der Waals surface area (Å²) in [5.41, 5.74) is -0.208. The third kappa shape index (κ3) is 8.86. The highest BCUT2D eigenvalue weighted by molar-refractivity contribution is 4.83. The monoisotopic (exact) mass is 261 g/mol. The Kier molecular flexibility index (Phi) is 9.64. The second-order valence-corrected chi connectivity index (χ2v) is 5.46. The van der Waals surface area contributed by atoms with Gasteiger partial charge in [0, 0.05) is 24.8 Å². The molecule has 110 valence electrons. The van der Waals surface area contributed by atoms with Crippen molar-refractivity contribution in [1.82, 2.24) is 5.32 Å². The first-order valence-corrected chi connectivity index (χ1v) is 7.01. The van der Waals surface area contributed by atoms with E-state index in [0.29, 0.717) is 19.3 Å². The van der Waals surface area contributed by atoms with Crippen LogP contribution >= 0.6 is 0 Å². The van der Waals surface area contributed by atoms with Crippen LogP contribution < -0.4 is 5.32 Å². The Bertz CT molecular complexity index is 199. The molecule has 0 aliphatic rings. The molecule has 0 aromatic carbocycles. The second kappa shape index (κ2) is 9.73. The van der Waals surface area contributed by atoms with E-state index >= 15 is 0 Å². The van der Waals surface area contributed by atoms with Crippen LogP contribution in [0.1, 0.15) is 47.5 Å². The second-order valence-electron chi connectivity index (χ2n) is 5.46. The first-order valence-electron chi connectivity index (χ1n) is 7.01. The van der Waals surface area contributed by atoms with E-state index in [1.165, 1.54) is 0 Å². The molecule has 0 spiro atoms. The third-order valence-electron chi connectivity index (χ3n) is 2.82. The predicted octanol–water partition coefficient (Wildman–Crippen LogP) is 1.96. The normalized spacial score (nSPS) is 16.8. The molecule has 0 saturated carbocycles. The molecule has 4 nitrogen and oxygen atoms in total. The summed E-state index contributed by atoms with van der Waals surface area (Å²) in [6, 6.07) is 0.375. The Morgan fingerprint density at radius 3 is 2.44 bits per heavy atom. The van der Waals surface area contributed by atoms with Crippen LogP contribution in [-0.2, 0) is 9.47 Å². The number of hydrogen-bond donors (Lipinski definition) is 2. The molecule has 0 aliphatic carbocycles. The number of hydrogen-bond acceptors (Lipinski definition) is 4. The van der Waals surface area contributed by atoms with Crippen molar-refractivity contribution in [3.8, 4) is 0 Å². The highest BCUT2D eigenvalue weighted by atomic mass is 16.5. The SMILES string of the molecule is CCOCC(C)OCCCC(C)(CO)NC(C)C. The van der Waals surface area contributed by atoms with E-state index in [1.807, 2.05) is 13.8 Å². The Balaban J connectivity index is 3.73. The summed E-state index contributed by atoms with van der Waals surface area (Å²) in [4.78, 5) is 0. The summed E-state index contributed by atoms with van der Waals surface area (Å²) >= 11 is 0. The van der Waals surface area contributed by atoms with Crippen LogP contribution in [0.4, 0.5) is 0 Å². The highest BCUT2D eigenvalue weighted by Gasteiger charge is 2.23. The largest absolute Gasteiger partial charge is 0.394 e.